The van der Waals surface area contributed by atoms with Crippen molar-refractivity contribution in [1.82, 2.24) is 10.2 Å². The fraction of sp³-hybridized carbons (Fsp3) is 0.345. The number of fused-ring (bicyclic) bond motifs is 1. The third-order valence-corrected chi connectivity index (χ3v) is 6.51. The lowest BCUT2D eigenvalue weighted by molar-refractivity contribution is -0.141. The summed E-state index contributed by atoms with van der Waals surface area (Å²) in [5.41, 5.74) is 0.110. The predicted molar refractivity (Wildman–Crippen MR) is 150 cm³/mol. The van der Waals surface area contributed by atoms with E-state index in [2.05, 4.69) is 23.3 Å². The topological polar surface area (TPSA) is 108 Å². The van der Waals surface area contributed by atoms with Crippen LogP contribution in [0.4, 0.5) is 10.5 Å². The second kappa shape index (κ2) is 11.3. The van der Waals surface area contributed by atoms with Crippen LogP contribution in [0.5, 0.6) is 5.75 Å². The SMILES string of the molecule is CC(C)(C)OC(=O)NC(CS)C(=O)N(C1CC1)C(C(=O)Nc1ccc2ccccc2c1)c1ccccc1O. The summed E-state index contributed by atoms with van der Waals surface area (Å²) in [6.07, 6.45) is 0.649. The van der Waals surface area contributed by atoms with Crippen LogP contribution in [0.25, 0.3) is 10.8 Å². The molecule has 0 saturated heterocycles. The largest absolute Gasteiger partial charge is 0.508 e. The molecule has 1 aliphatic carbocycles. The zero-order valence-corrected chi connectivity index (χ0v) is 22.6. The summed E-state index contributed by atoms with van der Waals surface area (Å²) < 4.78 is 5.33. The normalized spacial score (nSPS) is 14.8. The van der Waals surface area contributed by atoms with E-state index in [-0.39, 0.29) is 17.5 Å². The van der Waals surface area contributed by atoms with Gasteiger partial charge in [0.2, 0.25) is 5.91 Å². The molecule has 3 amide bonds. The highest BCUT2D eigenvalue weighted by Gasteiger charge is 2.44. The van der Waals surface area contributed by atoms with Crippen molar-refractivity contribution in [3.05, 3.63) is 72.3 Å². The van der Waals surface area contributed by atoms with E-state index >= 15 is 0 Å². The van der Waals surface area contributed by atoms with Gasteiger partial charge in [0.05, 0.1) is 0 Å². The molecular formula is C29H33N3O5S. The first-order valence-corrected chi connectivity index (χ1v) is 13.2. The molecule has 3 aromatic rings. The highest BCUT2D eigenvalue weighted by molar-refractivity contribution is 7.80. The molecule has 4 rings (SSSR count). The molecule has 200 valence electrons. The molecular weight excluding hydrogens is 502 g/mol. The van der Waals surface area contributed by atoms with Gasteiger partial charge in [-0.2, -0.15) is 12.6 Å². The van der Waals surface area contributed by atoms with E-state index in [0.717, 1.165) is 10.8 Å². The third kappa shape index (κ3) is 6.58. The summed E-state index contributed by atoms with van der Waals surface area (Å²) in [5, 5.41) is 18.2. The zero-order valence-electron chi connectivity index (χ0n) is 21.7. The fourth-order valence-corrected chi connectivity index (χ4v) is 4.55. The Morgan fingerprint density at radius 3 is 2.32 bits per heavy atom. The predicted octanol–water partition coefficient (Wildman–Crippen LogP) is 5.04. The number of carbonyl (C=O) groups is 3. The van der Waals surface area contributed by atoms with Crippen LogP contribution < -0.4 is 10.6 Å². The van der Waals surface area contributed by atoms with Gasteiger partial charge in [-0.15, -0.1) is 0 Å². The summed E-state index contributed by atoms with van der Waals surface area (Å²) in [7, 11) is 0. The molecule has 0 heterocycles. The Hall–Kier alpha value is -3.72. The average Bonchev–Trinajstić information content (AvgIpc) is 3.70. The molecule has 3 N–H and O–H groups in total. The quantitative estimate of drug-likeness (QED) is 0.302. The average molecular weight is 536 g/mol. The van der Waals surface area contributed by atoms with Crippen molar-refractivity contribution in [2.45, 2.75) is 57.3 Å². The van der Waals surface area contributed by atoms with Crippen molar-refractivity contribution in [3.63, 3.8) is 0 Å². The van der Waals surface area contributed by atoms with Gasteiger partial charge in [0.25, 0.3) is 5.91 Å². The lowest BCUT2D eigenvalue weighted by atomic mass is 10.0. The Kier molecular flexibility index (Phi) is 8.16. The van der Waals surface area contributed by atoms with Crippen LogP contribution >= 0.6 is 12.6 Å². The van der Waals surface area contributed by atoms with Gasteiger partial charge in [-0.05, 0) is 62.6 Å². The molecule has 1 saturated carbocycles. The summed E-state index contributed by atoms with van der Waals surface area (Å²) in [6, 6.07) is 17.4. The second-order valence-corrected chi connectivity index (χ2v) is 10.7. The monoisotopic (exact) mass is 535 g/mol. The minimum Gasteiger partial charge on any atom is -0.508 e. The number of nitrogens with one attached hydrogen (secondary N) is 2. The van der Waals surface area contributed by atoms with Crippen LogP contribution in [-0.4, -0.2) is 51.4 Å². The van der Waals surface area contributed by atoms with Crippen molar-refractivity contribution < 1.29 is 24.2 Å². The number of anilines is 1. The molecule has 38 heavy (non-hydrogen) atoms. The standard InChI is InChI=1S/C29H33N3O5S/c1-29(2,3)37-28(36)31-23(17-38)27(35)32(21-14-15-21)25(22-10-6-7-11-24(22)33)26(34)30-20-13-12-18-8-4-5-9-19(18)16-20/h4-13,16,21,23,25,33,38H,14-15,17H2,1-3H3,(H,30,34)(H,31,36). The first kappa shape index (κ1) is 27.3. The van der Waals surface area contributed by atoms with Gasteiger partial charge in [-0.1, -0.05) is 48.5 Å². The number of hydrogen-bond acceptors (Lipinski definition) is 6. The molecule has 1 fully saturated rings. The van der Waals surface area contributed by atoms with Crippen molar-refractivity contribution in [2.75, 3.05) is 11.1 Å². The van der Waals surface area contributed by atoms with Crippen LogP contribution in [0.2, 0.25) is 0 Å². The Balaban J connectivity index is 1.67. The molecule has 8 nitrogen and oxygen atoms in total. The maximum absolute atomic E-state index is 13.9. The van der Waals surface area contributed by atoms with E-state index in [1.165, 1.54) is 11.0 Å². The number of thiol groups is 1. The molecule has 0 spiro atoms. The fourth-order valence-electron chi connectivity index (χ4n) is 4.30. The van der Waals surface area contributed by atoms with Crippen LogP contribution in [0.15, 0.2) is 66.7 Å². The number of para-hydroxylation sites is 1. The molecule has 0 radical (unpaired) electrons. The van der Waals surface area contributed by atoms with E-state index in [4.69, 9.17) is 4.74 Å². The molecule has 9 heteroatoms. The van der Waals surface area contributed by atoms with Crippen molar-refractivity contribution in [2.24, 2.45) is 0 Å². The molecule has 0 aliphatic heterocycles. The maximum Gasteiger partial charge on any atom is 0.408 e. The van der Waals surface area contributed by atoms with Gasteiger partial charge < -0.3 is 25.4 Å². The number of aromatic hydroxyl groups is 1. The Labute approximate surface area is 227 Å². The second-order valence-electron chi connectivity index (χ2n) is 10.4. The van der Waals surface area contributed by atoms with Crippen molar-refractivity contribution >= 4 is 47.0 Å². The van der Waals surface area contributed by atoms with E-state index in [0.29, 0.717) is 24.1 Å². The molecule has 2 atom stereocenters. The van der Waals surface area contributed by atoms with Crippen molar-refractivity contribution in [1.29, 1.82) is 0 Å². The van der Waals surface area contributed by atoms with Crippen LogP contribution in [0, 0.1) is 0 Å². The number of benzene rings is 3. The number of ether oxygens (including phenoxy) is 1. The highest BCUT2D eigenvalue weighted by atomic mass is 32.1. The smallest absolute Gasteiger partial charge is 0.408 e. The molecule has 2 unspecified atom stereocenters. The van der Waals surface area contributed by atoms with E-state index in [1.54, 1.807) is 45.0 Å². The number of phenols is 1. The number of alkyl carbamates (subject to hydrolysis) is 1. The van der Waals surface area contributed by atoms with Crippen LogP contribution in [-0.2, 0) is 14.3 Å². The molecule has 0 aromatic heterocycles. The van der Waals surface area contributed by atoms with E-state index in [1.807, 2.05) is 36.4 Å². The lowest BCUT2D eigenvalue weighted by Gasteiger charge is -2.34. The molecule has 3 aromatic carbocycles. The van der Waals surface area contributed by atoms with Crippen LogP contribution in [0.1, 0.15) is 45.2 Å². The first-order chi connectivity index (χ1) is 18.1. The van der Waals surface area contributed by atoms with E-state index in [9.17, 15) is 19.5 Å². The summed E-state index contributed by atoms with van der Waals surface area (Å²) in [5.74, 6) is -1.05. The van der Waals surface area contributed by atoms with E-state index < -0.39 is 35.6 Å². The van der Waals surface area contributed by atoms with Crippen LogP contribution in [0.3, 0.4) is 0 Å². The summed E-state index contributed by atoms with van der Waals surface area (Å²) in [6.45, 7) is 5.18. The van der Waals surface area contributed by atoms with Gasteiger partial charge in [0, 0.05) is 23.0 Å². The van der Waals surface area contributed by atoms with Crippen molar-refractivity contribution in [3.8, 4) is 5.75 Å². The number of carbonyl (C=O) groups excluding carboxylic acids is 3. The first-order valence-electron chi connectivity index (χ1n) is 12.6. The highest BCUT2D eigenvalue weighted by Crippen LogP contribution is 2.38. The minimum atomic E-state index is -1.13. The Bertz CT molecular complexity index is 1340. The number of phenolic OH excluding ortho intramolecular Hbond substituents is 1. The summed E-state index contributed by atoms with van der Waals surface area (Å²) in [4.78, 5) is 41.6. The minimum absolute atomic E-state index is 0.00107. The lowest BCUT2D eigenvalue weighted by Crippen LogP contribution is -2.54. The number of amides is 3. The van der Waals surface area contributed by atoms with Gasteiger partial charge >= 0.3 is 6.09 Å². The number of nitrogens with zero attached hydrogens (tertiary/aromatic N) is 1. The van der Waals surface area contributed by atoms with Gasteiger partial charge in [-0.3, -0.25) is 9.59 Å². The Morgan fingerprint density at radius 1 is 1.03 bits per heavy atom. The van der Waals surface area contributed by atoms with Gasteiger partial charge in [0.15, 0.2) is 0 Å². The Morgan fingerprint density at radius 2 is 1.68 bits per heavy atom. The number of rotatable bonds is 8. The van der Waals surface area contributed by atoms with Gasteiger partial charge in [-0.25, -0.2) is 4.79 Å². The molecule has 0 bridgehead atoms. The number of hydrogen-bond donors (Lipinski definition) is 4. The van der Waals surface area contributed by atoms with Gasteiger partial charge in [0.1, 0.15) is 23.4 Å². The third-order valence-electron chi connectivity index (χ3n) is 6.14. The maximum atomic E-state index is 13.9. The zero-order chi connectivity index (χ0) is 27.4. The molecule has 1 aliphatic rings. The summed E-state index contributed by atoms with van der Waals surface area (Å²) >= 11 is 4.30.